The van der Waals surface area contributed by atoms with Crippen LogP contribution >= 0.6 is 0 Å². The number of carbonyl (C=O) groups is 1. The Morgan fingerprint density at radius 1 is 1.50 bits per heavy atom. The molecule has 0 aromatic heterocycles. The summed E-state index contributed by atoms with van der Waals surface area (Å²) in [6.45, 7) is 5.47. The van der Waals surface area contributed by atoms with E-state index in [0.29, 0.717) is 19.7 Å². The number of ether oxygens (including phenoxy) is 1. The summed E-state index contributed by atoms with van der Waals surface area (Å²) in [7, 11) is 1.59. The van der Waals surface area contributed by atoms with Crippen molar-refractivity contribution in [2.75, 3.05) is 33.4 Å². The molecule has 1 atom stereocenters. The highest BCUT2D eigenvalue weighted by molar-refractivity contribution is 5.77. The lowest BCUT2D eigenvalue weighted by atomic mass is 10.0. The molecule has 0 saturated heterocycles. The normalized spacial score (nSPS) is 14.5. The van der Waals surface area contributed by atoms with E-state index in [1.165, 1.54) is 0 Å². The average Bonchev–Trinajstić information content (AvgIpc) is 2.17. The lowest BCUT2D eigenvalue weighted by Crippen LogP contribution is -2.42. The molecule has 3 N–H and O–H groups in total. The number of methoxy groups -OCH3 is 1. The van der Waals surface area contributed by atoms with Crippen molar-refractivity contribution < 1.29 is 14.6 Å². The van der Waals surface area contributed by atoms with Crippen molar-refractivity contribution in [3.8, 4) is 0 Å². The maximum absolute atomic E-state index is 11.3. The molecule has 5 heteroatoms. The second-order valence-electron chi connectivity index (χ2n) is 4.19. The second-order valence-corrected chi connectivity index (χ2v) is 4.19. The molecule has 0 spiro atoms. The fraction of sp³-hybridized carbons (Fsp3) is 0.909. The van der Waals surface area contributed by atoms with Gasteiger partial charge in [-0.2, -0.15) is 0 Å². The van der Waals surface area contributed by atoms with Gasteiger partial charge in [0.2, 0.25) is 5.91 Å². The number of rotatable bonds is 9. The summed E-state index contributed by atoms with van der Waals surface area (Å²) in [5, 5.41) is 15.5. The topological polar surface area (TPSA) is 70.6 Å². The summed E-state index contributed by atoms with van der Waals surface area (Å²) in [4.78, 5) is 11.3. The summed E-state index contributed by atoms with van der Waals surface area (Å²) >= 11 is 0. The summed E-state index contributed by atoms with van der Waals surface area (Å²) in [5.41, 5.74) is -0.735. The maximum atomic E-state index is 11.3. The molecule has 0 bridgehead atoms. The largest absolute Gasteiger partial charge is 0.389 e. The van der Waals surface area contributed by atoms with Gasteiger partial charge in [-0.1, -0.05) is 13.3 Å². The molecule has 0 radical (unpaired) electrons. The fourth-order valence-electron chi connectivity index (χ4n) is 1.43. The number of hydrogen-bond acceptors (Lipinski definition) is 4. The quantitative estimate of drug-likeness (QED) is 0.485. The summed E-state index contributed by atoms with van der Waals surface area (Å²) in [6.07, 6.45) is 1.65. The van der Waals surface area contributed by atoms with Crippen LogP contribution in [0.5, 0.6) is 0 Å². The van der Waals surface area contributed by atoms with Gasteiger partial charge in [0.05, 0.1) is 18.8 Å². The van der Waals surface area contributed by atoms with Crippen LogP contribution in [0.25, 0.3) is 0 Å². The molecule has 0 aromatic rings. The molecule has 0 aromatic carbocycles. The van der Waals surface area contributed by atoms with Crippen LogP contribution in [0.2, 0.25) is 0 Å². The van der Waals surface area contributed by atoms with Crippen LogP contribution in [0.3, 0.4) is 0 Å². The number of amides is 1. The van der Waals surface area contributed by atoms with Gasteiger partial charge in [-0.05, 0) is 13.3 Å². The highest BCUT2D eigenvalue weighted by Gasteiger charge is 2.18. The van der Waals surface area contributed by atoms with Gasteiger partial charge >= 0.3 is 0 Å². The highest BCUT2D eigenvalue weighted by Crippen LogP contribution is 2.09. The first-order chi connectivity index (χ1) is 7.52. The van der Waals surface area contributed by atoms with Crippen molar-refractivity contribution in [3.05, 3.63) is 0 Å². The van der Waals surface area contributed by atoms with E-state index < -0.39 is 5.60 Å². The third-order valence-corrected chi connectivity index (χ3v) is 2.21. The molecule has 1 unspecified atom stereocenters. The molecule has 0 heterocycles. The molecule has 0 aliphatic carbocycles. The van der Waals surface area contributed by atoms with E-state index in [-0.39, 0.29) is 12.5 Å². The van der Waals surface area contributed by atoms with Crippen molar-refractivity contribution in [1.82, 2.24) is 10.6 Å². The third kappa shape index (κ3) is 8.64. The van der Waals surface area contributed by atoms with Gasteiger partial charge in [0, 0.05) is 20.2 Å². The predicted octanol–water partition coefficient (Wildman–Crippen LogP) is -0.110. The first kappa shape index (κ1) is 15.3. The van der Waals surface area contributed by atoms with Crippen molar-refractivity contribution in [1.29, 1.82) is 0 Å². The van der Waals surface area contributed by atoms with Gasteiger partial charge in [0.15, 0.2) is 0 Å². The van der Waals surface area contributed by atoms with Gasteiger partial charge in [0.1, 0.15) is 0 Å². The smallest absolute Gasteiger partial charge is 0.234 e. The Labute approximate surface area is 97.6 Å². The van der Waals surface area contributed by atoms with E-state index in [1.54, 1.807) is 14.0 Å². The molecular weight excluding hydrogens is 208 g/mol. The Hall–Kier alpha value is -0.650. The summed E-state index contributed by atoms with van der Waals surface area (Å²) < 4.78 is 4.81. The molecule has 0 saturated carbocycles. The van der Waals surface area contributed by atoms with Crippen LogP contribution in [-0.4, -0.2) is 50.0 Å². The minimum Gasteiger partial charge on any atom is -0.389 e. The van der Waals surface area contributed by atoms with Crippen LogP contribution in [0.4, 0.5) is 0 Å². The number of aliphatic hydroxyl groups is 1. The zero-order valence-corrected chi connectivity index (χ0v) is 10.5. The molecule has 0 aliphatic heterocycles. The van der Waals surface area contributed by atoms with Crippen molar-refractivity contribution in [2.45, 2.75) is 32.3 Å². The lowest BCUT2D eigenvalue weighted by Gasteiger charge is -2.22. The van der Waals surface area contributed by atoms with E-state index >= 15 is 0 Å². The number of nitrogens with one attached hydrogen (secondary N) is 2. The fourth-order valence-corrected chi connectivity index (χ4v) is 1.43. The zero-order valence-electron chi connectivity index (χ0n) is 10.5. The Morgan fingerprint density at radius 3 is 2.75 bits per heavy atom. The Morgan fingerprint density at radius 2 is 2.19 bits per heavy atom. The Kier molecular flexibility index (Phi) is 8.15. The van der Waals surface area contributed by atoms with Crippen molar-refractivity contribution in [2.24, 2.45) is 0 Å². The first-order valence-corrected chi connectivity index (χ1v) is 5.70. The summed E-state index contributed by atoms with van der Waals surface area (Å²) in [5.74, 6) is -0.0793. The number of hydrogen-bond donors (Lipinski definition) is 3. The van der Waals surface area contributed by atoms with Crippen LogP contribution in [-0.2, 0) is 9.53 Å². The van der Waals surface area contributed by atoms with Crippen LogP contribution < -0.4 is 10.6 Å². The maximum Gasteiger partial charge on any atom is 0.234 e. The zero-order chi connectivity index (χ0) is 12.4. The lowest BCUT2D eigenvalue weighted by molar-refractivity contribution is -0.120. The minimum atomic E-state index is -0.735. The minimum absolute atomic E-state index is 0.0793. The molecular formula is C11H24N2O3. The van der Waals surface area contributed by atoms with E-state index in [2.05, 4.69) is 10.6 Å². The van der Waals surface area contributed by atoms with E-state index in [9.17, 15) is 9.90 Å². The molecule has 0 fully saturated rings. The Balaban J connectivity index is 3.53. The van der Waals surface area contributed by atoms with Gasteiger partial charge in [-0.25, -0.2) is 0 Å². The monoisotopic (exact) mass is 232 g/mol. The third-order valence-electron chi connectivity index (χ3n) is 2.21. The summed E-state index contributed by atoms with van der Waals surface area (Å²) in [6, 6.07) is 0. The SMILES string of the molecule is CCCC(C)(O)CNCC(=O)NCCOC. The first-order valence-electron chi connectivity index (χ1n) is 5.70. The van der Waals surface area contributed by atoms with E-state index in [1.807, 2.05) is 6.92 Å². The molecule has 16 heavy (non-hydrogen) atoms. The average molecular weight is 232 g/mol. The predicted molar refractivity (Wildman–Crippen MR) is 63.3 cm³/mol. The molecule has 5 nitrogen and oxygen atoms in total. The second kappa shape index (κ2) is 8.50. The molecule has 1 amide bonds. The van der Waals surface area contributed by atoms with Crippen molar-refractivity contribution >= 4 is 5.91 Å². The molecule has 96 valence electrons. The van der Waals surface area contributed by atoms with Crippen LogP contribution in [0, 0.1) is 0 Å². The van der Waals surface area contributed by atoms with Gasteiger partial charge in [-0.3, -0.25) is 4.79 Å². The molecule has 0 rings (SSSR count). The van der Waals surface area contributed by atoms with Crippen LogP contribution in [0.1, 0.15) is 26.7 Å². The van der Waals surface area contributed by atoms with Crippen molar-refractivity contribution in [3.63, 3.8) is 0 Å². The standard InChI is InChI=1S/C11H24N2O3/c1-4-5-11(2,15)9-12-8-10(14)13-6-7-16-3/h12,15H,4-9H2,1-3H3,(H,13,14). The van der Waals surface area contributed by atoms with Crippen LogP contribution in [0.15, 0.2) is 0 Å². The van der Waals surface area contributed by atoms with Gasteiger partial charge in [-0.15, -0.1) is 0 Å². The van der Waals surface area contributed by atoms with Gasteiger partial charge in [0.25, 0.3) is 0 Å². The number of carbonyl (C=O) groups excluding carboxylic acids is 1. The highest BCUT2D eigenvalue weighted by atomic mass is 16.5. The molecule has 0 aliphatic rings. The van der Waals surface area contributed by atoms with Gasteiger partial charge < -0.3 is 20.5 Å². The Bertz CT molecular complexity index is 196. The van der Waals surface area contributed by atoms with E-state index in [4.69, 9.17) is 4.74 Å². The van der Waals surface area contributed by atoms with E-state index in [0.717, 1.165) is 12.8 Å².